The minimum Gasteiger partial charge on any atom is -0.325 e. The Labute approximate surface area is 89.0 Å². The van der Waals surface area contributed by atoms with Crippen LogP contribution in [-0.4, -0.2) is 9.97 Å². The van der Waals surface area contributed by atoms with Gasteiger partial charge in [-0.1, -0.05) is 6.07 Å². The predicted molar refractivity (Wildman–Crippen MR) is 60.1 cm³/mol. The highest BCUT2D eigenvalue weighted by Gasteiger charge is 2.04. The lowest BCUT2D eigenvalue weighted by Crippen LogP contribution is -2.03. The molecule has 0 aliphatic carbocycles. The van der Waals surface area contributed by atoms with Crippen molar-refractivity contribution in [3.63, 3.8) is 0 Å². The van der Waals surface area contributed by atoms with Crippen LogP contribution in [0.5, 0.6) is 0 Å². The largest absolute Gasteiger partial charge is 0.325 e. The van der Waals surface area contributed by atoms with Gasteiger partial charge in [0.15, 0.2) is 0 Å². The van der Waals surface area contributed by atoms with Crippen LogP contribution in [-0.2, 0) is 6.54 Å². The van der Waals surface area contributed by atoms with Crippen LogP contribution in [0, 0.1) is 6.92 Å². The van der Waals surface area contributed by atoms with Crippen LogP contribution < -0.4 is 5.73 Å². The van der Waals surface area contributed by atoms with E-state index in [0.29, 0.717) is 6.54 Å². The van der Waals surface area contributed by atoms with Gasteiger partial charge in [-0.3, -0.25) is 9.97 Å². The Hall–Kier alpha value is -1.74. The number of aromatic nitrogens is 2. The van der Waals surface area contributed by atoms with Crippen molar-refractivity contribution in [1.82, 2.24) is 9.97 Å². The molecule has 15 heavy (non-hydrogen) atoms. The molecule has 2 aromatic heterocycles. The highest BCUT2D eigenvalue weighted by atomic mass is 14.7. The van der Waals surface area contributed by atoms with Crippen LogP contribution in [0.25, 0.3) is 11.1 Å². The topological polar surface area (TPSA) is 51.8 Å². The first-order valence-corrected chi connectivity index (χ1v) is 4.88. The lowest BCUT2D eigenvalue weighted by atomic mass is 10.0. The third-order valence-electron chi connectivity index (χ3n) is 2.30. The minimum atomic E-state index is 0.458. The monoisotopic (exact) mass is 199 g/mol. The summed E-state index contributed by atoms with van der Waals surface area (Å²) in [5.74, 6) is 0. The van der Waals surface area contributed by atoms with Gasteiger partial charge in [-0.05, 0) is 30.7 Å². The van der Waals surface area contributed by atoms with Crippen molar-refractivity contribution in [2.24, 2.45) is 5.73 Å². The molecule has 0 bridgehead atoms. The molecule has 3 heteroatoms. The summed E-state index contributed by atoms with van der Waals surface area (Å²) >= 11 is 0. The van der Waals surface area contributed by atoms with Crippen LogP contribution >= 0.6 is 0 Å². The number of rotatable bonds is 2. The summed E-state index contributed by atoms with van der Waals surface area (Å²) in [6.07, 6.45) is 3.55. The van der Waals surface area contributed by atoms with E-state index in [0.717, 1.165) is 22.5 Å². The molecule has 0 spiro atoms. The molecule has 0 saturated carbocycles. The van der Waals surface area contributed by atoms with Gasteiger partial charge in [0.05, 0.1) is 5.69 Å². The first-order valence-electron chi connectivity index (χ1n) is 4.88. The lowest BCUT2D eigenvalue weighted by Gasteiger charge is -2.07. The fourth-order valence-electron chi connectivity index (χ4n) is 1.56. The van der Waals surface area contributed by atoms with Gasteiger partial charge in [0, 0.05) is 30.2 Å². The highest BCUT2D eigenvalue weighted by molar-refractivity contribution is 5.65. The number of aryl methyl sites for hydroxylation is 1. The zero-order valence-corrected chi connectivity index (χ0v) is 8.64. The van der Waals surface area contributed by atoms with Crippen molar-refractivity contribution in [2.45, 2.75) is 13.5 Å². The van der Waals surface area contributed by atoms with Crippen LogP contribution in [0.4, 0.5) is 0 Å². The summed E-state index contributed by atoms with van der Waals surface area (Å²) in [6, 6.07) is 7.98. The molecule has 0 fully saturated rings. The van der Waals surface area contributed by atoms with Gasteiger partial charge in [0.25, 0.3) is 0 Å². The van der Waals surface area contributed by atoms with Gasteiger partial charge in [-0.25, -0.2) is 0 Å². The van der Waals surface area contributed by atoms with Crippen molar-refractivity contribution >= 4 is 0 Å². The van der Waals surface area contributed by atoms with Crippen LogP contribution in [0.2, 0.25) is 0 Å². The molecule has 3 nitrogen and oxygen atoms in total. The molecule has 0 aliphatic heterocycles. The summed E-state index contributed by atoms with van der Waals surface area (Å²) in [4.78, 5) is 8.41. The van der Waals surface area contributed by atoms with Gasteiger partial charge >= 0.3 is 0 Å². The van der Waals surface area contributed by atoms with Gasteiger partial charge in [-0.15, -0.1) is 0 Å². The second-order valence-corrected chi connectivity index (χ2v) is 3.39. The molecular formula is C12H13N3. The number of pyridine rings is 2. The SMILES string of the molecule is Cc1ccc(-c2ccncc2)c(CN)n1. The first-order chi connectivity index (χ1) is 7.31. The Morgan fingerprint density at radius 2 is 1.87 bits per heavy atom. The maximum absolute atomic E-state index is 5.68. The fourth-order valence-corrected chi connectivity index (χ4v) is 1.56. The van der Waals surface area contributed by atoms with Crippen LogP contribution in [0.15, 0.2) is 36.7 Å². The second kappa shape index (κ2) is 4.19. The Morgan fingerprint density at radius 3 is 2.53 bits per heavy atom. The van der Waals surface area contributed by atoms with Gasteiger partial charge in [0.2, 0.25) is 0 Å². The van der Waals surface area contributed by atoms with E-state index in [1.807, 2.05) is 25.1 Å². The molecule has 2 rings (SSSR count). The predicted octanol–water partition coefficient (Wildman–Crippen LogP) is 1.91. The molecule has 0 atom stereocenters. The molecule has 0 aliphatic rings. The van der Waals surface area contributed by atoms with E-state index in [4.69, 9.17) is 5.73 Å². The van der Waals surface area contributed by atoms with Crippen molar-refractivity contribution in [3.05, 3.63) is 48.0 Å². The van der Waals surface area contributed by atoms with E-state index in [1.54, 1.807) is 12.4 Å². The van der Waals surface area contributed by atoms with E-state index in [1.165, 1.54) is 0 Å². The summed E-state index contributed by atoms with van der Waals surface area (Å²) in [7, 11) is 0. The number of nitrogens with two attached hydrogens (primary N) is 1. The van der Waals surface area contributed by atoms with Crippen LogP contribution in [0.1, 0.15) is 11.4 Å². The van der Waals surface area contributed by atoms with Crippen molar-refractivity contribution < 1.29 is 0 Å². The molecule has 2 N–H and O–H groups in total. The second-order valence-electron chi connectivity index (χ2n) is 3.39. The Balaban J connectivity index is 2.53. The molecule has 0 radical (unpaired) electrons. The molecule has 0 unspecified atom stereocenters. The fraction of sp³-hybridized carbons (Fsp3) is 0.167. The Morgan fingerprint density at radius 1 is 1.13 bits per heavy atom. The highest BCUT2D eigenvalue weighted by Crippen LogP contribution is 2.21. The van der Waals surface area contributed by atoms with E-state index in [9.17, 15) is 0 Å². The molecule has 0 aromatic carbocycles. The van der Waals surface area contributed by atoms with E-state index in [-0.39, 0.29) is 0 Å². The van der Waals surface area contributed by atoms with Gasteiger partial charge < -0.3 is 5.73 Å². The first kappa shape index (κ1) is 9.80. The zero-order valence-electron chi connectivity index (χ0n) is 8.64. The van der Waals surface area contributed by atoms with Crippen molar-refractivity contribution in [1.29, 1.82) is 0 Å². The number of hydrogen-bond acceptors (Lipinski definition) is 3. The van der Waals surface area contributed by atoms with E-state index < -0.39 is 0 Å². The zero-order chi connectivity index (χ0) is 10.7. The lowest BCUT2D eigenvalue weighted by molar-refractivity contribution is 0.972. The van der Waals surface area contributed by atoms with E-state index in [2.05, 4.69) is 16.0 Å². The molecule has 0 saturated heterocycles. The van der Waals surface area contributed by atoms with Crippen molar-refractivity contribution in [2.75, 3.05) is 0 Å². The van der Waals surface area contributed by atoms with Crippen LogP contribution in [0.3, 0.4) is 0 Å². The third-order valence-corrected chi connectivity index (χ3v) is 2.30. The minimum absolute atomic E-state index is 0.458. The standard InChI is InChI=1S/C12H13N3/c1-9-2-3-11(12(8-13)15-9)10-4-6-14-7-5-10/h2-7H,8,13H2,1H3. The molecular weight excluding hydrogens is 186 g/mol. The number of hydrogen-bond donors (Lipinski definition) is 1. The summed E-state index contributed by atoms with van der Waals surface area (Å²) in [5, 5.41) is 0. The van der Waals surface area contributed by atoms with Crippen molar-refractivity contribution in [3.8, 4) is 11.1 Å². The van der Waals surface area contributed by atoms with E-state index >= 15 is 0 Å². The molecule has 2 heterocycles. The quantitative estimate of drug-likeness (QED) is 0.803. The number of nitrogens with zero attached hydrogens (tertiary/aromatic N) is 2. The maximum atomic E-state index is 5.68. The molecule has 2 aromatic rings. The average Bonchev–Trinajstić information content (AvgIpc) is 2.30. The average molecular weight is 199 g/mol. The Bertz CT molecular complexity index is 452. The Kier molecular flexibility index (Phi) is 2.74. The summed E-state index contributed by atoms with van der Waals surface area (Å²) in [5.41, 5.74) is 9.80. The molecule has 0 amide bonds. The normalized spacial score (nSPS) is 10.3. The molecule has 76 valence electrons. The maximum Gasteiger partial charge on any atom is 0.0620 e. The summed E-state index contributed by atoms with van der Waals surface area (Å²) in [6.45, 7) is 2.43. The van der Waals surface area contributed by atoms with Gasteiger partial charge in [-0.2, -0.15) is 0 Å². The third kappa shape index (κ3) is 2.02. The smallest absolute Gasteiger partial charge is 0.0620 e. The van der Waals surface area contributed by atoms with Gasteiger partial charge in [0.1, 0.15) is 0 Å². The summed E-state index contributed by atoms with van der Waals surface area (Å²) < 4.78 is 0.